The van der Waals surface area contributed by atoms with Gasteiger partial charge in [-0.05, 0) is 54.6 Å². The van der Waals surface area contributed by atoms with Crippen LogP contribution in [0, 0.1) is 0 Å². The van der Waals surface area contributed by atoms with Crippen molar-refractivity contribution in [1.82, 2.24) is 23.9 Å². The Morgan fingerprint density at radius 3 is 1.47 bits per heavy atom. The Morgan fingerprint density at radius 2 is 0.796 bits per heavy atom. The molecule has 0 fully saturated rings. The highest BCUT2D eigenvalue weighted by molar-refractivity contribution is 6.15. The molecule has 0 saturated carbocycles. The minimum absolute atomic E-state index is 0.803. The fourth-order valence-electron chi connectivity index (χ4n) is 7.51. The van der Waals surface area contributed by atoms with Gasteiger partial charge in [0.25, 0.3) is 0 Å². The molecule has 0 atom stereocenters. The van der Waals surface area contributed by atoms with Crippen molar-refractivity contribution in [1.29, 1.82) is 0 Å². The van der Waals surface area contributed by atoms with Gasteiger partial charge in [0, 0.05) is 49.7 Å². The lowest BCUT2D eigenvalue weighted by Gasteiger charge is -2.13. The van der Waals surface area contributed by atoms with E-state index in [1.54, 1.807) is 0 Å². The highest BCUT2D eigenvalue weighted by atomic mass is 15.3. The van der Waals surface area contributed by atoms with Crippen molar-refractivity contribution < 1.29 is 0 Å². The maximum absolute atomic E-state index is 4.88. The lowest BCUT2D eigenvalue weighted by atomic mass is 10.1. The third kappa shape index (κ3) is 4.19. The fraction of sp³-hybridized carbons (Fsp3) is 0. The summed E-state index contributed by atoms with van der Waals surface area (Å²) in [5, 5.41) is 14.5. The molecule has 0 unspecified atom stereocenters. The second kappa shape index (κ2) is 10.9. The quantitative estimate of drug-likeness (QED) is 0.190. The number of benzene rings is 7. The predicted molar refractivity (Wildman–Crippen MR) is 201 cm³/mol. The molecule has 0 N–H and O–H groups in total. The molecule has 0 amide bonds. The maximum Gasteiger partial charge on any atom is 0.169 e. The highest BCUT2D eigenvalue weighted by Gasteiger charge is 2.22. The van der Waals surface area contributed by atoms with Gasteiger partial charge in [-0.3, -0.25) is 4.57 Å². The summed E-state index contributed by atoms with van der Waals surface area (Å²) in [6.07, 6.45) is 0. The lowest BCUT2D eigenvalue weighted by Crippen LogP contribution is -2.01. The summed E-state index contributed by atoms with van der Waals surface area (Å²) in [6.45, 7) is 0. The Bertz CT molecular complexity index is 2770. The second-order valence-electron chi connectivity index (χ2n) is 12.3. The largest absolute Gasteiger partial charge is 0.309 e. The predicted octanol–water partition coefficient (Wildman–Crippen LogP) is 10.8. The van der Waals surface area contributed by atoms with Crippen LogP contribution in [0.15, 0.2) is 176 Å². The standard InChI is InChI=1S/C44H29N5/c1-3-15-30(16-4-1)43-45-46-44(49(43)31-17-5-2-6-18-31)37-24-14-28-41-42(37)36-23-9-12-27-40(36)48(41)33-20-13-19-32(29-33)47-38-25-10-7-21-34(38)35-22-8-11-26-39(35)47/h1-29H. The lowest BCUT2D eigenvalue weighted by molar-refractivity contribution is 1.07. The Balaban J connectivity index is 1.23. The fourth-order valence-corrected chi connectivity index (χ4v) is 7.51. The first-order chi connectivity index (χ1) is 24.3. The van der Waals surface area contributed by atoms with E-state index >= 15 is 0 Å². The van der Waals surface area contributed by atoms with Gasteiger partial charge >= 0.3 is 0 Å². The smallest absolute Gasteiger partial charge is 0.169 e. The molecular formula is C44H29N5. The van der Waals surface area contributed by atoms with Crippen LogP contribution < -0.4 is 0 Å². The zero-order valence-corrected chi connectivity index (χ0v) is 26.5. The van der Waals surface area contributed by atoms with Crippen molar-refractivity contribution >= 4 is 43.6 Å². The molecule has 10 rings (SSSR count). The van der Waals surface area contributed by atoms with Crippen molar-refractivity contribution in [2.75, 3.05) is 0 Å². The second-order valence-corrected chi connectivity index (χ2v) is 12.3. The van der Waals surface area contributed by atoms with E-state index in [9.17, 15) is 0 Å². The summed E-state index contributed by atoms with van der Waals surface area (Å²) in [7, 11) is 0. The van der Waals surface area contributed by atoms with Crippen LogP contribution in [0.4, 0.5) is 0 Å². The van der Waals surface area contributed by atoms with Crippen LogP contribution in [0.5, 0.6) is 0 Å². The zero-order valence-electron chi connectivity index (χ0n) is 26.5. The van der Waals surface area contributed by atoms with Gasteiger partial charge in [0.05, 0.1) is 22.1 Å². The molecule has 7 aromatic carbocycles. The van der Waals surface area contributed by atoms with E-state index < -0.39 is 0 Å². The normalized spacial score (nSPS) is 11.7. The molecule has 3 aromatic heterocycles. The summed E-state index contributed by atoms with van der Waals surface area (Å²) in [5.41, 5.74) is 9.91. The van der Waals surface area contributed by atoms with E-state index in [4.69, 9.17) is 10.2 Å². The Hall–Kier alpha value is -6.72. The number of aromatic nitrogens is 5. The van der Waals surface area contributed by atoms with Crippen molar-refractivity contribution in [3.63, 3.8) is 0 Å². The maximum atomic E-state index is 4.88. The van der Waals surface area contributed by atoms with Crippen LogP contribution >= 0.6 is 0 Å². The minimum Gasteiger partial charge on any atom is -0.309 e. The van der Waals surface area contributed by atoms with E-state index in [-0.39, 0.29) is 0 Å². The molecule has 10 aromatic rings. The van der Waals surface area contributed by atoms with Crippen molar-refractivity contribution in [2.45, 2.75) is 0 Å². The molecule has 0 bridgehead atoms. The van der Waals surface area contributed by atoms with Gasteiger partial charge < -0.3 is 9.13 Å². The SMILES string of the molecule is c1ccc(-c2nnc(-c3cccc4c3c3ccccc3n4-c3cccc(-n4c5ccccc5c5ccccc54)c3)n2-c2ccccc2)cc1. The summed E-state index contributed by atoms with van der Waals surface area (Å²) in [5.74, 6) is 1.61. The molecule has 3 heterocycles. The summed E-state index contributed by atoms with van der Waals surface area (Å²) >= 11 is 0. The number of hydrogen-bond acceptors (Lipinski definition) is 2. The number of rotatable bonds is 5. The Labute approximate surface area is 282 Å². The number of fused-ring (bicyclic) bond motifs is 6. The third-order valence-corrected chi connectivity index (χ3v) is 9.57. The molecular weight excluding hydrogens is 599 g/mol. The Kier molecular flexibility index (Phi) is 6.11. The molecule has 0 aliphatic carbocycles. The number of para-hydroxylation sites is 4. The number of hydrogen-bond donors (Lipinski definition) is 0. The minimum atomic E-state index is 0.803. The zero-order chi connectivity index (χ0) is 32.3. The van der Waals surface area contributed by atoms with Gasteiger partial charge in [0.2, 0.25) is 0 Å². The molecule has 230 valence electrons. The molecule has 0 radical (unpaired) electrons. The molecule has 0 saturated heterocycles. The van der Waals surface area contributed by atoms with Gasteiger partial charge in [-0.2, -0.15) is 0 Å². The third-order valence-electron chi connectivity index (χ3n) is 9.57. The van der Waals surface area contributed by atoms with Crippen molar-refractivity contribution in [3.05, 3.63) is 176 Å². The van der Waals surface area contributed by atoms with Gasteiger partial charge in [-0.1, -0.05) is 121 Å². The van der Waals surface area contributed by atoms with Gasteiger partial charge in [0.1, 0.15) is 0 Å². The molecule has 0 spiro atoms. The monoisotopic (exact) mass is 627 g/mol. The van der Waals surface area contributed by atoms with Gasteiger partial charge in [-0.25, -0.2) is 0 Å². The van der Waals surface area contributed by atoms with E-state index in [0.717, 1.165) is 56.3 Å². The van der Waals surface area contributed by atoms with E-state index in [2.05, 4.69) is 165 Å². The molecule has 49 heavy (non-hydrogen) atoms. The average Bonchev–Trinajstić information content (AvgIpc) is 3.86. The van der Waals surface area contributed by atoms with Crippen LogP contribution in [0.1, 0.15) is 0 Å². The van der Waals surface area contributed by atoms with Crippen LogP contribution in [0.25, 0.3) is 83.4 Å². The highest BCUT2D eigenvalue weighted by Crippen LogP contribution is 2.40. The number of nitrogens with zero attached hydrogens (tertiary/aromatic N) is 5. The van der Waals surface area contributed by atoms with E-state index in [1.165, 1.54) is 27.2 Å². The molecule has 0 aliphatic rings. The van der Waals surface area contributed by atoms with Crippen molar-refractivity contribution in [3.8, 4) is 39.8 Å². The van der Waals surface area contributed by atoms with Crippen LogP contribution in [0.3, 0.4) is 0 Å². The first kappa shape index (κ1) is 27.4. The van der Waals surface area contributed by atoms with Crippen LogP contribution in [-0.4, -0.2) is 23.9 Å². The molecule has 5 nitrogen and oxygen atoms in total. The van der Waals surface area contributed by atoms with Gasteiger partial charge in [-0.15, -0.1) is 10.2 Å². The van der Waals surface area contributed by atoms with E-state index in [1.807, 2.05) is 24.3 Å². The summed E-state index contributed by atoms with van der Waals surface area (Å²) in [4.78, 5) is 0. The molecule has 5 heteroatoms. The summed E-state index contributed by atoms with van der Waals surface area (Å²) < 4.78 is 6.94. The average molecular weight is 628 g/mol. The van der Waals surface area contributed by atoms with E-state index in [0.29, 0.717) is 0 Å². The van der Waals surface area contributed by atoms with Crippen LogP contribution in [-0.2, 0) is 0 Å². The first-order valence-electron chi connectivity index (χ1n) is 16.5. The Morgan fingerprint density at radius 1 is 0.327 bits per heavy atom. The van der Waals surface area contributed by atoms with Crippen LogP contribution in [0.2, 0.25) is 0 Å². The first-order valence-corrected chi connectivity index (χ1v) is 16.5. The van der Waals surface area contributed by atoms with Crippen molar-refractivity contribution in [2.24, 2.45) is 0 Å². The topological polar surface area (TPSA) is 40.6 Å². The molecule has 0 aliphatic heterocycles. The van der Waals surface area contributed by atoms with Gasteiger partial charge in [0.15, 0.2) is 11.6 Å². The summed E-state index contributed by atoms with van der Waals surface area (Å²) in [6, 6.07) is 62.1.